The van der Waals surface area contributed by atoms with E-state index in [2.05, 4.69) is 28.8 Å². The van der Waals surface area contributed by atoms with Gasteiger partial charge in [0.25, 0.3) is 5.56 Å². The van der Waals surface area contributed by atoms with Crippen LogP contribution in [0.1, 0.15) is 54.1 Å². The molecule has 0 aliphatic heterocycles. The smallest absolute Gasteiger partial charge is 0.264 e. The number of aryl methyl sites for hydroxylation is 3. The Bertz CT molecular complexity index is 1370. The lowest BCUT2D eigenvalue weighted by Gasteiger charge is -2.15. The second kappa shape index (κ2) is 8.97. The lowest BCUT2D eigenvalue weighted by atomic mass is 10.1. The largest absolute Gasteiger partial charge is 0.471 e. The Kier molecular flexibility index (Phi) is 6.09. The van der Waals surface area contributed by atoms with Crippen molar-refractivity contribution in [3.8, 4) is 22.8 Å². The third-order valence-corrected chi connectivity index (χ3v) is 5.34. The van der Waals surface area contributed by atoms with Crippen LogP contribution >= 0.6 is 0 Å². The molecule has 1 aromatic carbocycles. The third-order valence-electron chi connectivity index (χ3n) is 5.34. The quantitative estimate of drug-likeness (QED) is 0.427. The molecule has 0 fully saturated rings. The normalized spacial score (nSPS) is 11.2. The lowest BCUT2D eigenvalue weighted by molar-refractivity contribution is 0.284. The van der Waals surface area contributed by atoms with Gasteiger partial charge in [-0.1, -0.05) is 26.0 Å². The van der Waals surface area contributed by atoms with Crippen LogP contribution in [0.4, 0.5) is 0 Å². The summed E-state index contributed by atoms with van der Waals surface area (Å²) in [4.78, 5) is 31.2. The second-order valence-electron chi connectivity index (χ2n) is 8.34. The molecule has 0 aliphatic carbocycles. The van der Waals surface area contributed by atoms with Crippen molar-refractivity contribution in [1.82, 2.24) is 24.5 Å². The van der Waals surface area contributed by atoms with Gasteiger partial charge in [0.2, 0.25) is 5.88 Å². The molecule has 0 radical (unpaired) electrons. The van der Waals surface area contributed by atoms with Gasteiger partial charge >= 0.3 is 0 Å². The van der Waals surface area contributed by atoms with E-state index in [1.807, 2.05) is 37.4 Å². The van der Waals surface area contributed by atoms with E-state index < -0.39 is 0 Å². The molecule has 0 unspecified atom stereocenters. The maximum Gasteiger partial charge on any atom is 0.264 e. The Morgan fingerprint density at radius 3 is 2.58 bits per heavy atom. The molecule has 33 heavy (non-hydrogen) atoms. The molecule has 0 atom stereocenters. The lowest BCUT2D eigenvalue weighted by Crippen LogP contribution is -2.25. The van der Waals surface area contributed by atoms with E-state index in [0.29, 0.717) is 34.5 Å². The van der Waals surface area contributed by atoms with E-state index in [4.69, 9.17) is 14.1 Å². The highest BCUT2D eigenvalue weighted by atomic mass is 16.5. The fourth-order valence-corrected chi connectivity index (χ4v) is 3.57. The molecule has 0 bridgehead atoms. The van der Waals surface area contributed by atoms with Crippen molar-refractivity contribution in [2.75, 3.05) is 0 Å². The van der Waals surface area contributed by atoms with E-state index in [0.717, 1.165) is 22.6 Å². The topological polar surface area (TPSA) is 95.9 Å². The molecule has 8 nitrogen and oxygen atoms in total. The summed E-state index contributed by atoms with van der Waals surface area (Å²) in [6.45, 7) is 11.5. The van der Waals surface area contributed by atoms with Gasteiger partial charge in [0.15, 0.2) is 5.89 Å². The Hall–Kier alpha value is -3.81. The fraction of sp³-hybridized carbons (Fsp3) is 0.320. The molecular formula is C25H27N5O3. The number of aromatic nitrogens is 5. The SMILES string of the molecule is Cc1nc(COc2nc(C)n(-c3cccc(-c4nc(C(C)C)ncc4C)c3)c(=O)c2C)co1. The monoisotopic (exact) mass is 445 g/mol. The molecule has 3 heterocycles. The first-order valence-electron chi connectivity index (χ1n) is 10.8. The van der Waals surface area contributed by atoms with Gasteiger partial charge in [-0.15, -0.1) is 0 Å². The summed E-state index contributed by atoms with van der Waals surface area (Å²) in [5, 5.41) is 0. The Balaban J connectivity index is 1.71. The predicted molar refractivity (Wildman–Crippen MR) is 125 cm³/mol. The number of oxazole rings is 1. The van der Waals surface area contributed by atoms with Crippen LogP contribution in [-0.2, 0) is 6.61 Å². The molecule has 0 saturated carbocycles. The van der Waals surface area contributed by atoms with Gasteiger partial charge in [-0.3, -0.25) is 9.36 Å². The van der Waals surface area contributed by atoms with Crippen molar-refractivity contribution in [2.45, 2.75) is 54.1 Å². The summed E-state index contributed by atoms with van der Waals surface area (Å²) in [6, 6.07) is 7.74. The van der Waals surface area contributed by atoms with E-state index in [-0.39, 0.29) is 18.1 Å². The predicted octanol–water partition coefficient (Wildman–Crippen LogP) is 4.61. The fourth-order valence-electron chi connectivity index (χ4n) is 3.57. The molecule has 0 saturated heterocycles. The van der Waals surface area contributed by atoms with Crippen LogP contribution in [0.25, 0.3) is 16.9 Å². The molecule has 170 valence electrons. The average Bonchev–Trinajstić information content (AvgIpc) is 3.21. The van der Waals surface area contributed by atoms with E-state index in [9.17, 15) is 4.79 Å². The molecule has 0 aliphatic rings. The van der Waals surface area contributed by atoms with Crippen LogP contribution in [-0.4, -0.2) is 24.5 Å². The third kappa shape index (κ3) is 4.55. The highest BCUT2D eigenvalue weighted by Crippen LogP contribution is 2.25. The minimum Gasteiger partial charge on any atom is -0.471 e. The van der Waals surface area contributed by atoms with Crippen molar-refractivity contribution < 1.29 is 9.15 Å². The summed E-state index contributed by atoms with van der Waals surface area (Å²) in [5.41, 5.74) is 4.34. The molecule has 4 aromatic rings. The molecule has 0 amide bonds. The number of ether oxygens (including phenoxy) is 1. The molecule has 8 heteroatoms. The van der Waals surface area contributed by atoms with E-state index in [1.54, 1.807) is 25.3 Å². The van der Waals surface area contributed by atoms with Gasteiger partial charge in [0.1, 0.15) is 30.2 Å². The van der Waals surface area contributed by atoms with Crippen LogP contribution in [0.15, 0.2) is 45.9 Å². The molecule has 3 aromatic heterocycles. The van der Waals surface area contributed by atoms with Crippen LogP contribution < -0.4 is 10.3 Å². The standard InChI is InChI=1S/C25H27N5O3/c1-14(2)23-26-11-15(3)22(29-23)19-8-7-9-21(10-19)30-17(5)27-24(16(4)25(30)31)33-13-20-12-32-18(6)28-20/h7-12,14H,13H2,1-6H3. The van der Waals surface area contributed by atoms with Crippen molar-refractivity contribution in [3.05, 3.63) is 81.4 Å². The van der Waals surface area contributed by atoms with Gasteiger partial charge in [-0.25, -0.2) is 15.0 Å². The molecule has 4 rings (SSSR count). The maximum atomic E-state index is 13.3. The first-order valence-corrected chi connectivity index (χ1v) is 10.8. The minimum absolute atomic E-state index is 0.175. The summed E-state index contributed by atoms with van der Waals surface area (Å²) < 4.78 is 12.6. The van der Waals surface area contributed by atoms with Crippen LogP contribution in [0, 0.1) is 27.7 Å². The first-order chi connectivity index (χ1) is 15.7. The highest BCUT2D eigenvalue weighted by molar-refractivity contribution is 5.65. The van der Waals surface area contributed by atoms with Crippen molar-refractivity contribution in [1.29, 1.82) is 0 Å². The number of rotatable bonds is 6. The van der Waals surface area contributed by atoms with Gasteiger partial charge in [-0.05, 0) is 38.5 Å². The zero-order chi connectivity index (χ0) is 23.7. The van der Waals surface area contributed by atoms with Crippen LogP contribution in [0.5, 0.6) is 5.88 Å². The minimum atomic E-state index is -0.187. The summed E-state index contributed by atoms with van der Waals surface area (Å²) >= 11 is 0. The zero-order valence-electron chi connectivity index (χ0n) is 19.7. The van der Waals surface area contributed by atoms with Crippen molar-refractivity contribution in [3.63, 3.8) is 0 Å². The summed E-state index contributed by atoms with van der Waals surface area (Å²) in [5.74, 6) is 2.38. The average molecular weight is 446 g/mol. The van der Waals surface area contributed by atoms with E-state index in [1.165, 1.54) is 6.26 Å². The van der Waals surface area contributed by atoms with E-state index >= 15 is 0 Å². The van der Waals surface area contributed by atoms with Crippen LogP contribution in [0.3, 0.4) is 0 Å². The Morgan fingerprint density at radius 2 is 1.88 bits per heavy atom. The number of nitrogens with zero attached hydrogens (tertiary/aromatic N) is 5. The molecule has 0 spiro atoms. The first kappa shape index (κ1) is 22.4. The molecular weight excluding hydrogens is 418 g/mol. The van der Waals surface area contributed by atoms with Gasteiger partial charge in [0.05, 0.1) is 16.9 Å². The van der Waals surface area contributed by atoms with Gasteiger partial charge < -0.3 is 9.15 Å². The number of hydrogen-bond donors (Lipinski definition) is 0. The second-order valence-corrected chi connectivity index (χ2v) is 8.34. The Morgan fingerprint density at radius 1 is 1.09 bits per heavy atom. The van der Waals surface area contributed by atoms with Gasteiger partial charge in [-0.2, -0.15) is 4.98 Å². The van der Waals surface area contributed by atoms with Crippen LogP contribution in [0.2, 0.25) is 0 Å². The summed E-state index contributed by atoms with van der Waals surface area (Å²) in [6.07, 6.45) is 3.38. The highest BCUT2D eigenvalue weighted by Gasteiger charge is 2.16. The summed E-state index contributed by atoms with van der Waals surface area (Å²) in [7, 11) is 0. The van der Waals surface area contributed by atoms with Crippen molar-refractivity contribution >= 4 is 0 Å². The van der Waals surface area contributed by atoms with Crippen molar-refractivity contribution in [2.24, 2.45) is 0 Å². The maximum absolute atomic E-state index is 13.3. The molecule has 0 N–H and O–H groups in total. The zero-order valence-corrected chi connectivity index (χ0v) is 19.7. The number of hydrogen-bond acceptors (Lipinski definition) is 7. The van der Waals surface area contributed by atoms with Gasteiger partial charge in [0, 0.05) is 24.6 Å². The Labute approximate surface area is 192 Å². The number of benzene rings is 1.